The van der Waals surface area contributed by atoms with Crippen molar-refractivity contribution in [1.29, 1.82) is 0 Å². The zero-order valence-electron chi connectivity index (χ0n) is 21.5. The number of halogens is 2. The first-order valence-electron chi connectivity index (χ1n) is 12.4. The summed E-state index contributed by atoms with van der Waals surface area (Å²) in [5.41, 5.74) is 3.04. The molecule has 2 N–H and O–H groups in total. The number of nitrogens with zero attached hydrogens (tertiary/aromatic N) is 3. The molecule has 1 aromatic heterocycles. The molecule has 2 heterocycles. The molecule has 200 valence electrons. The quantitative estimate of drug-likeness (QED) is 0.154. The summed E-state index contributed by atoms with van der Waals surface area (Å²) in [5, 5.41) is 11.8. The van der Waals surface area contributed by atoms with E-state index in [0.29, 0.717) is 16.6 Å². The Morgan fingerprint density at radius 1 is 1.05 bits per heavy atom. The highest BCUT2D eigenvalue weighted by Crippen LogP contribution is 2.43. The number of rotatable bonds is 7. The van der Waals surface area contributed by atoms with Gasteiger partial charge in [0.2, 0.25) is 5.95 Å². The molecular formula is C29H26Cl2N4O4. The van der Waals surface area contributed by atoms with Gasteiger partial charge in [-0.15, -0.1) is 0 Å². The van der Waals surface area contributed by atoms with Gasteiger partial charge in [0.15, 0.2) is 5.75 Å². The van der Waals surface area contributed by atoms with Gasteiger partial charge in [-0.1, -0.05) is 47.5 Å². The Morgan fingerprint density at radius 2 is 1.69 bits per heavy atom. The van der Waals surface area contributed by atoms with Gasteiger partial charge in [-0.05, 0) is 55.8 Å². The van der Waals surface area contributed by atoms with E-state index in [1.54, 1.807) is 6.07 Å². The minimum Gasteiger partial charge on any atom is -0.507 e. The van der Waals surface area contributed by atoms with Crippen molar-refractivity contribution in [2.24, 2.45) is 0 Å². The largest absolute Gasteiger partial charge is 0.507 e. The summed E-state index contributed by atoms with van der Waals surface area (Å²) < 4.78 is 5.21. The molecule has 1 aliphatic rings. The van der Waals surface area contributed by atoms with Crippen LogP contribution >= 0.6 is 23.2 Å². The van der Waals surface area contributed by atoms with Crippen molar-refractivity contribution in [1.82, 2.24) is 9.97 Å². The minimum atomic E-state index is -0.962. The smallest absolute Gasteiger partial charge is 0.302 e. The molecule has 4 aromatic rings. The Morgan fingerprint density at radius 3 is 2.28 bits per heavy atom. The zero-order valence-corrected chi connectivity index (χ0v) is 23.0. The summed E-state index contributed by atoms with van der Waals surface area (Å²) in [5.74, 6) is -1.65. The SMILES string of the molecule is CCN(CC)c1ccc(C2/C(=C(\O)c3cc(Cl)c(OC)c(Cl)c3)C(=O)C(=O)N2c2nc3ccccc3[nH]2)cc1. The molecule has 1 aliphatic heterocycles. The van der Waals surface area contributed by atoms with E-state index in [2.05, 4.69) is 28.7 Å². The number of methoxy groups -OCH3 is 1. The molecule has 1 saturated heterocycles. The second-order valence-corrected chi connectivity index (χ2v) is 9.80. The van der Waals surface area contributed by atoms with Gasteiger partial charge in [0.1, 0.15) is 5.76 Å². The highest BCUT2D eigenvalue weighted by Gasteiger charge is 2.48. The topological polar surface area (TPSA) is 98.8 Å². The number of fused-ring (bicyclic) bond motifs is 1. The fourth-order valence-corrected chi connectivity index (χ4v) is 5.56. The van der Waals surface area contributed by atoms with Gasteiger partial charge >= 0.3 is 5.91 Å². The van der Waals surface area contributed by atoms with Crippen LogP contribution in [0, 0.1) is 0 Å². The standard InChI is InChI=1S/C29H26Cl2N4O4/c1-4-34(5-2)18-12-10-16(11-13-18)24-23(25(36)17-14-19(30)27(39-3)20(31)15-17)26(37)28(38)35(24)29-32-21-8-6-7-9-22(21)33-29/h6-15,24,36H,4-5H2,1-3H3,(H,32,33)/b25-23+. The normalized spacial score (nSPS) is 16.7. The summed E-state index contributed by atoms with van der Waals surface area (Å²) in [4.78, 5) is 38.2. The van der Waals surface area contributed by atoms with Gasteiger partial charge in [0.25, 0.3) is 5.78 Å². The summed E-state index contributed by atoms with van der Waals surface area (Å²) in [6, 6.07) is 16.8. The molecule has 39 heavy (non-hydrogen) atoms. The molecule has 8 nitrogen and oxygen atoms in total. The van der Waals surface area contributed by atoms with Gasteiger partial charge in [0, 0.05) is 24.3 Å². The third-order valence-corrected chi connectivity index (χ3v) is 7.42. The molecule has 10 heteroatoms. The lowest BCUT2D eigenvalue weighted by Crippen LogP contribution is -2.30. The second kappa shape index (κ2) is 10.6. The van der Waals surface area contributed by atoms with Crippen molar-refractivity contribution in [3.05, 3.63) is 87.4 Å². The Kier molecular flexibility index (Phi) is 7.25. The van der Waals surface area contributed by atoms with E-state index in [1.807, 2.05) is 42.5 Å². The highest BCUT2D eigenvalue weighted by molar-refractivity contribution is 6.51. The lowest BCUT2D eigenvalue weighted by molar-refractivity contribution is -0.132. The van der Waals surface area contributed by atoms with Gasteiger partial charge in [-0.2, -0.15) is 0 Å². The monoisotopic (exact) mass is 564 g/mol. The number of imidazole rings is 1. The number of Topliss-reactive ketones (excluding diaryl/α,β-unsaturated/α-hetero) is 1. The number of ketones is 1. The molecule has 1 atom stereocenters. The van der Waals surface area contributed by atoms with E-state index in [1.165, 1.54) is 24.1 Å². The number of para-hydroxylation sites is 2. The van der Waals surface area contributed by atoms with E-state index >= 15 is 0 Å². The summed E-state index contributed by atoms with van der Waals surface area (Å²) in [6.07, 6.45) is 0. The number of hydrogen-bond donors (Lipinski definition) is 2. The van der Waals surface area contributed by atoms with E-state index < -0.39 is 23.5 Å². The van der Waals surface area contributed by atoms with Crippen LogP contribution in [-0.2, 0) is 9.59 Å². The van der Waals surface area contributed by atoms with Crippen LogP contribution in [-0.4, -0.2) is 47.0 Å². The molecule has 0 saturated carbocycles. The number of aromatic amines is 1. The molecule has 0 spiro atoms. The van der Waals surface area contributed by atoms with Crippen LogP contribution in [0.3, 0.4) is 0 Å². The van der Waals surface area contributed by atoms with Crippen LogP contribution in [0.5, 0.6) is 5.75 Å². The fourth-order valence-electron chi connectivity index (χ4n) is 4.92. The number of ether oxygens (including phenoxy) is 1. The maximum Gasteiger partial charge on any atom is 0.302 e. The van der Waals surface area contributed by atoms with Gasteiger partial charge < -0.3 is 19.7 Å². The second-order valence-electron chi connectivity index (χ2n) is 8.98. The average Bonchev–Trinajstić information content (AvgIpc) is 3.47. The molecule has 1 fully saturated rings. The third kappa shape index (κ3) is 4.60. The number of hydrogen-bond acceptors (Lipinski definition) is 6. The number of H-pyrrole nitrogens is 1. The maximum absolute atomic E-state index is 13.5. The summed E-state index contributed by atoms with van der Waals surface area (Å²) >= 11 is 12.6. The van der Waals surface area contributed by atoms with Crippen LogP contribution in [0.15, 0.2) is 66.2 Å². The molecule has 1 amide bonds. The van der Waals surface area contributed by atoms with Crippen LogP contribution in [0.2, 0.25) is 10.0 Å². The van der Waals surface area contributed by atoms with E-state index in [4.69, 9.17) is 27.9 Å². The van der Waals surface area contributed by atoms with Crippen molar-refractivity contribution >= 4 is 63.3 Å². The van der Waals surface area contributed by atoms with Gasteiger partial charge in [0.05, 0.1) is 39.8 Å². The van der Waals surface area contributed by atoms with Crippen LogP contribution in [0.4, 0.5) is 11.6 Å². The highest BCUT2D eigenvalue weighted by atomic mass is 35.5. The first kappa shape index (κ1) is 26.6. The Labute approximate surface area is 235 Å². The lowest BCUT2D eigenvalue weighted by Gasteiger charge is -2.25. The molecule has 1 unspecified atom stereocenters. The maximum atomic E-state index is 13.5. The number of anilines is 2. The van der Waals surface area contributed by atoms with Crippen molar-refractivity contribution in [3.8, 4) is 5.75 Å². The number of benzene rings is 3. The number of aromatic nitrogens is 2. The molecule has 0 bridgehead atoms. The van der Waals surface area contributed by atoms with Gasteiger partial charge in [-0.25, -0.2) is 4.98 Å². The predicted octanol–water partition coefficient (Wildman–Crippen LogP) is 6.35. The van der Waals surface area contributed by atoms with Gasteiger partial charge in [-0.3, -0.25) is 14.5 Å². The number of carbonyl (C=O) groups is 2. The molecule has 3 aromatic carbocycles. The fraction of sp³-hybridized carbons (Fsp3) is 0.207. The summed E-state index contributed by atoms with van der Waals surface area (Å²) in [6.45, 7) is 5.79. The summed E-state index contributed by atoms with van der Waals surface area (Å²) in [7, 11) is 1.42. The van der Waals surface area contributed by atoms with E-state index in [-0.39, 0.29) is 32.9 Å². The number of amides is 1. The molecular weight excluding hydrogens is 539 g/mol. The zero-order chi connectivity index (χ0) is 27.8. The van der Waals surface area contributed by atoms with Crippen molar-refractivity contribution in [3.63, 3.8) is 0 Å². The Hall–Kier alpha value is -4.01. The van der Waals surface area contributed by atoms with Crippen molar-refractivity contribution in [2.45, 2.75) is 19.9 Å². The average molecular weight is 565 g/mol. The van der Waals surface area contributed by atoms with E-state index in [9.17, 15) is 14.7 Å². The van der Waals surface area contributed by atoms with Crippen LogP contribution < -0.4 is 14.5 Å². The molecule has 5 rings (SSSR count). The molecule has 0 aliphatic carbocycles. The number of carbonyl (C=O) groups excluding carboxylic acids is 2. The molecule has 0 radical (unpaired) electrons. The first-order chi connectivity index (χ1) is 18.8. The van der Waals surface area contributed by atoms with Crippen LogP contribution in [0.25, 0.3) is 16.8 Å². The predicted molar refractivity (Wildman–Crippen MR) is 154 cm³/mol. The number of nitrogens with one attached hydrogen (secondary N) is 1. The number of aliphatic hydroxyl groups excluding tert-OH is 1. The minimum absolute atomic E-state index is 0.103. The van der Waals surface area contributed by atoms with Crippen LogP contribution in [0.1, 0.15) is 31.0 Å². The van der Waals surface area contributed by atoms with E-state index in [0.717, 1.165) is 18.8 Å². The lowest BCUT2D eigenvalue weighted by atomic mass is 9.95. The Bertz CT molecular complexity index is 1550. The van der Waals surface area contributed by atoms with Crippen molar-refractivity contribution in [2.75, 3.05) is 30.0 Å². The number of aliphatic hydroxyl groups is 1. The van der Waals surface area contributed by atoms with Crippen molar-refractivity contribution < 1.29 is 19.4 Å². The first-order valence-corrected chi connectivity index (χ1v) is 13.2. The third-order valence-electron chi connectivity index (χ3n) is 6.86. The Balaban J connectivity index is 1.71.